The Morgan fingerprint density at radius 2 is 1.70 bits per heavy atom. The smallest absolute Gasteiger partial charge is 0.244 e. The lowest BCUT2D eigenvalue weighted by Gasteiger charge is -2.13. The molecule has 8 heteroatoms. The number of sulfonamides is 1. The number of methoxy groups -OCH3 is 1. The van der Waals surface area contributed by atoms with Crippen LogP contribution in [0.4, 0.5) is 5.69 Å². The molecule has 0 heterocycles. The molecule has 0 aliphatic heterocycles. The molecule has 0 saturated carbocycles. The van der Waals surface area contributed by atoms with Gasteiger partial charge >= 0.3 is 0 Å². The minimum absolute atomic E-state index is 0.00182. The number of ether oxygens (including phenoxy) is 2. The van der Waals surface area contributed by atoms with Gasteiger partial charge < -0.3 is 14.8 Å². The molecule has 0 bridgehead atoms. The highest BCUT2D eigenvalue weighted by atomic mass is 32.2. The maximum Gasteiger partial charge on any atom is 0.244 e. The zero-order valence-electron chi connectivity index (χ0n) is 15.8. The van der Waals surface area contributed by atoms with Gasteiger partial charge in [-0.05, 0) is 68.3 Å². The molecule has 0 unspecified atom stereocenters. The lowest BCUT2D eigenvalue weighted by Crippen LogP contribution is -2.33. The second-order valence-electron chi connectivity index (χ2n) is 5.92. The predicted octanol–water partition coefficient (Wildman–Crippen LogP) is 2.63. The quantitative estimate of drug-likeness (QED) is 0.720. The van der Waals surface area contributed by atoms with Crippen molar-refractivity contribution in [1.29, 1.82) is 0 Å². The number of carbonyl (C=O) groups is 1. The normalized spacial score (nSPS) is 11.1. The summed E-state index contributed by atoms with van der Waals surface area (Å²) in [7, 11) is -2.50. The second-order valence-corrected chi connectivity index (χ2v) is 7.65. The summed E-state index contributed by atoms with van der Waals surface area (Å²) in [5.74, 6) is 0.445. The van der Waals surface area contributed by atoms with Gasteiger partial charge in [0.15, 0.2) is 0 Å². The summed E-state index contributed by atoms with van der Waals surface area (Å²) in [6.07, 6.45) is 0. The van der Waals surface area contributed by atoms with Crippen molar-refractivity contribution in [3.8, 4) is 11.5 Å². The standard InChI is InChI=1S/C19H24N2O5S/c1-5-26-16-8-6-15(7-9-16)21-19(22)12-20-27(23,24)18-11-14(3)13(2)10-17(18)25-4/h6-11,20H,5,12H2,1-4H3,(H,21,22). The number of carbonyl (C=O) groups excluding carboxylic acids is 1. The molecule has 0 aliphatic rings. The van der Waals surface area contributed by atoms with Crippen molar-refractivity contribution in [2.75, 3.05) is 25.6 Å². The van der Waals surface area contributed by atoms with Gasteiger partial charge in [-0.3, -0.25) is 4.79 Å². The van der Waals surface area contributed by atoms with E-state index in [-0.39, 0.29) is 10.6 Å². The van der Waals surface area contributed by atoms with Gasteiger partial charge in [-0.2, -0.15) is 0 Å². The van der Waals surface area contributed by atoms with E-state index in [2.05, 4.69) is 10.0 Å². The largest absolute Gasteiger partial charge is 0.495 e. The first kappa shape index (κ1) is 20.7. The van der Waals surface area contributed by atoms with E-state index in [4.69, 9.17) is 9.47 Å². The van der Waals surface area contributed by atoms with Crippen LogP contribution in [0, 0.1) is 13.8 Å². The van der Waals surface area contributed by atoms with Crippen LogP contribution in [0.25, 0.3) is 0 Å². The fourth-order valence-corrected chi connectivity index (χ4v) is 3.59. The summed E-state index contributed by atoms with van der Waals surface area (Å²) in [6.45, 7) is 5.71. The molecule has 2 aromatic rings. The monoisotopic (exact) mass is 392 g/mol. The molecule has 0 saturated heterocycles. The summed E-state index contributed by atoms with van der Waals surface area (Å²) in [6, 6.07) is 10.0. The van der Waals surface area contributed by atoms with Crippen LogP contribution in [0.1, 0.15) is 18.1 Å². The Kier molecular flexibility index (Phi) is 6.81. The lowest BCUT2D eigenvalue weighted by atomic mass is 10.1. The molecular weight excluding hydrogens is 368 g/mol. The first-order valence-corrected chi connectivity index (χ1v) is 9.92. The molecule has 7 nitrogen and oxygen atoms in total. The van der Waals surface area contributed by atoms with Crippen LogP contribution in [-0.4, -0.2) is 34.6 Å². The van der Waals surface area contributed by atoms with E-state index >= 15 is 0 Å². The van der Waals surface area contributed by atoms with E-state index < -0.39 is 22.5 Å². The molecule has 0 fully saturated rings. The number of nitrogens with one attached hydrogen (secondary N) is 2. The summed E-state index contributed by atoms with van der Waals surface area (Å²) < 4.78 is 37.9. The lowest BCUT2D eigenvalue weighted by molar-refractivity contribution is -0.115. The Morgan fingerprint density at radius 3 is 2.30 bits per heavy atom. The summed E-state index contributed by atoms with van der Waals surface area (Å²) in [5.41, 5.74) is 2.28. The van der Waals surface area contributed by atoms with E-state index in [1.54, 1.807) is 30.3 Å². The first-order valence-electron chi connectivity index (χ1n) is 8.44. The molecule has 0 aromatic heterocycles. The van der Waals surface area contributed by atoms with E-state index in [0.29, 0.717) is 18.0 Å². The van der Waals surface area contributed by atoms with Crippen LogP contribution >= 0.6 is 0 Å². The van der Waals surface area contributed by atoms with Crippen LogP contribution < -0.4 is 19.5 Å². The highest BCUT2D eigenvalue weighted by Crippen LogP contribution is 2.27. The van der Waals surface area contributed by atoms with Crippen molar-refractivity contribution < 1.29 is 22.7 Å². The highest BCUT2D eigenvalue weighted by molar-refractivity contribution is 7.89. The second kappa shape index (κ2) is 8.88. The molecule has 146 valence electrons. The van der Waals surface area contributed by atoms with Crippen molar-refractivity contribution in [2.45, 2.75) is 25.7 Å². The van der Waals surface area contributed by atoms with Crippen molar-refractivity contribution in [3.63, 3.8) is 0 Å². The number of aryl methyl sites for hydroxylation is 2. The molecular formula is C19H24N2O5S. The molecule has 0 aliphatic carbocycles. The zero-order chi connectivity index (χ0) is 20.0. The third-order valence-electron chi connectivity index (χ3n) is 3.94. The zero-order valence-corrected chi connectivity index (χ0v) is 16.6. The number of benzene rings is 2. The van der Waals surface area contributed by atoms with Gasteiger partial charge in [0.05, 0.1) is 20.3 Å². The van der Waals surface area contributed by atoms with Crippen LogP contribution in [0.3, 0.4) is 0 Å². The van der Waals surface area contributed by atoms with Gasteiger partial charge in [0, 0.05) is 5.69 Å². The topological polar surface area (TPSA) is 93.7 Å². The minimum Gasteiger partial charge on any atom is -0.495 e. The average Bonchev–Trinajstić information content (AvgIpc) is 2.64. The Hall–Kier alpha value is -2.58. The molecule has 1 amide bonds. The van der Waals surface area contributed by atoms with Gasteiger partial charge in [-0.15, -0.1) is 0 Å². The van der Waals surface area contributed by atoms with Crippen LogP contribution in [0.5, 0.6) is 11.5 Å². The van der Waals surface area contributed by atoms with Crippen molar-refractivity contribution in [2.24, 2.45) is 0 Å². The number of amides is 1. The molecule has 2 rings (SSSR count). The maximum absolute atomic E-state index is 12.6. The Balaban J connectivity index is 2.04. The van der Waals surface area contributed by atoms with Crippen LogP contribution in [0.2, 0.25) is 0 Å². The third kappa shape index (κ3) is 5.45. The third-order valence-corrected chi connectivity index (χ3v) is 5.36. The predicted molar refractivity (Wildman–Crippen MR) is 104 cm³/mol. The Morgan fingerprint density at radius 1 is 1.07 bits per heavy atom. The van der Waals surface area contributed by atoms with Crippen LogP contribution in [-0.2, 0) is 14.8 Å². The van der Waals surface area contributed by atoms with Crippen molar-refractivity contribution >= 4 is 21.6 Å². The maximum atomic E-state index is 12.6. The molecule has 0 spiro atoms. The number of hydrogen-bond acceptors (Lipinski definition) is 5. The molecule has 27 heavy (non-hydrogen) atoms. The van der Waals surface area contributed by atoms with E-state index in [1.165, 1.54) is 13.2 Å². The number of anilines is 1. The van der Waals surface area contributed by atoms with Gasteiger partial charge in [0.2, 0.25) is 15.9 Å². The average molecular weight is 392 g/mol. The van der Waals surface area contributed by atoms with E-state index in [0.717, 1.165) is 11.1 Å². The van der Waals surface area contributed by atoms with E-state index in [1.807, 2.05) is 20.8 Å². The first-order chi connectivity index (χ1) is 12.8. The summed E-state index contributed by atoms with van der Waals surface area (Å²) in [5, 5.41) is 2.63. The fraction of sp³-hybridized carbons (Fsp3) is 0.316. The van der Waals surface area contributed by atoms with Gasteiger partial charge in [0.1, 0.15) is 16.4 Å². The SMILES string of the molecule is CCOc1ccc(NC(=O)CNS(=O)(=O)c2cc(C)c(C)cc2OC)cc1. The minimum atomic E-state index is -3.90. The van der Waals surface area contributed by atoms with Gasteiger partial charge in [-0.25, -0.2) is 13.1 Å². The van der Waals surface area contributed by atoms with Crippen molar-refractivity contribution in [3.05, 3.63) is 47.5 Å². The fourth-order valence-electron chi connectivity index (χ4n) is 2.38. The van der Waals surface area contributed by atoms with Crippen LogP contribution in [0.15, 0.2) is 41.3 Å². The number of hydrogen-bond donors (Lipinski definition) is 2. The molecule has 0 radical (unpaired) electrons. The number of rotatable bonds is 8. The summed E-state index contributed by atoms with van der Waals surface area (Å²) >= 11 is 0. The van der Waals surface area contributed by atoms with Gasteiger partial charge in [-0.1, -0.05) is 0 Å². The Labute approximate surface area is 159 Å². The van der Waals surface area contributed by atoms with E-state index in [9.17, 15) is 13.2 Å². The van der Waals surface area contributed by atoms with Gasteiger partial charge in [0.25, 0.3) is 0 Å². The molecule has 2 aromatic carbocycles. The Bertz CT molecular complexity index is 908. The van der Waals surface area contributed by atoms with Crippen molar-refractivity contribution in [1.82, 2.24) is 4.72 Å². The summed E-state index contributed by atoms with van der Waals surface area (Å²) in [4.78, 5) is 12.1. The highest BCUT2D eigenvalue weighted by Gasteiger charge is 2.21. The molecule has 0 atom stereocenters. The molecule has 2 N–H and O–H groups in total.